The number of aliphatic imine (C=N–C) groups is 1. The molecule has 3 rings (SSSR count). The normalized spacial score (nSPS) is 50.0. The fraction of sp³-hybridized carbons (Fsp3) is 0.947. The van der Waals surface area contributed by atoms with E-state index in [9.17, 15) is 35.7 Å². The highest BCUT2D eigenvalue weighted by atomic mass is 16.7. The van der Waals surface area contributed by atoms with Crippen LogP contribution in [-0.2, 0) is 18.9 Å². The van der Waals surface area contributed by atoms with E-state index in [1.807, 2.05) is 0 Å². The van der Waals surface area contributed by atoms with Crippen molar-refractivity contribution < 1.29 is 54.7 Å². The van der Waals surface area contributed by atoms with Gasteiger partial charge in [0, 0.05) is 18.6 Å². The minimum atomic E-state index is -1.69. The molecule has 0 radical (unpaired) electrons. The molecule has 36 heavy (non-hydrogen) atoms. The van der Waals surface area contributed by atoms with E-state index in [0.717, 1.165) is 0 Å². The van der Waals surface area contributed by atoms with Crippen LogP contribution in [0.4, 0.5) is 0 Å². The van der Waals surface area contributed by atoms with E-state index in [-0.39, 0.29) is 13.0 Å². The molecular weight excluding hydrogens is 488 g/mol. The van der Waals surface area contributed by atoms with E-state index in [2.05, 4.69) is 4.99 Å². The lowest BCUT2D eigenvalue weighted by Crippen LogP contribution is -2.68. The maximum Gasteiger partial charge on any atom is 0.187 e. The quantitative estimate of drug-likeness (QED) is 0.108. The van der Waals surface area contributed by atoms with Crippen LogP contribution in [0.1, 0.15) is 6.42 Å². The predicted molar refractivity (Wildman–Crippen MR) is 119 cm³/mol. The SMILES string of the molecule is NC[C@H]1O[C@H](O[C@H]2[C@H](O)[C@@H](O[C@H]3O[C@H](CO)[C@@H](O)[C@H](N=C(N)N)[C@H]3O)[C@H](N)C[C@@H]2N)[C@H](O)[C@@H](O)[C@@H]1O. The van der Waals surface area contributed by atoms with Crippen LogP contribution in [0.2, 0.25) is 0 Å². The summed E-state index contributed by atoms with van der Waals surface area (Å²) in [6.45, 7) is -0.847. The Kier molecular flexibility index (Phi) is 9.80. The molecule has 0 amide bonds. The van der Waals surface area contributed by atoms with Crippen molar-refractivity contribution in [1.82, 2.24) is 0 Å². The van der Waals surface area contributed by atoms with Gasteiger partial charge in [0.25, 0.3) is 0 Å². The highest BCUT2D eigenvalue weighted by Gasteiger charge is 2.52. The summed E-state index contributed by atoms with van der Waals surface area (Å²) < 4.78 is 22.4. The van der Waals surface area contributed by atoms with E-state index in [1.165, 1.54) is 0 Å². The Hall–Kier alpha value is -1.29. The van der Waals surface area contributed by atoms with E-state index in [4.69, 9.17) is 47.6 Å². The zero-order chi connectivity index (χ0) is 26.9. The average Bonchev–Trinajstić information content (AvgIpc) is 2.82. The first-order valence-corrected chi connectivity index (χ1v) is 11.5. The number of ether oxygens (including phenoxy) is 4. The van der Waals surface area contributed by atoms with Crippen molar-refractivity contribution in [3.63, 3.8) is 0 Å². The molecule has 17 nitrogen and oxygen atoms in total. The zero-order valence-electron chi connectivity index (χ0n) is 19.4. The molecule has 0 aromatic heterocycles. The molecule has 1 aliphatic carbocycles. The van der Waals surface area contributed by atoms with Gasteiger partial charge in [0.15, 0.2) is 18.5 Å². The molecule has 3 aliphatic rings. The van der Waals surface area contributed by atoms with Crippen LogP contribution in [0, 0.1) is 0 Å². The third kappa shape index (κ3) is 5.89. The fourth-order valence-corrected chi connectivity index (χ4v) is 4.68. The molecule has 15 atom stereocenters. The maximum atomic E-state index is 11.0. The number of nitrogens with two attached hydrogens (primary N) is 5. The molecule has 0 bridgehead atoms. The van der Waals surface area contributed by atoms with Crippen LogP contribution in [-0.4, -0.2) is 147 Å². The van der Waals surface area contributed by atoms with Crippen LogP contribution < -0.4 is 28.7 Å². The van der Waals surface area contributed by atoms with E-state index < -0.39 is 104 Å². The lowest BCUT2D eigenvalue weighted by molar-refractivity contribution is -0.332. The number of hydrogen-bond donors (Lipinski definition) is 12. The summed E-state index contributed by atoms with van der Waals surface area (Å²) in [5.41, 5.74) is 28.6. The summed E-state index contributed by atoms with van der Waals surface area (Å²) >= 11 is 0. The van der Waals surface area contributed by atoms with Crippen LogP contribution in [0.25, 0.3) is 0 Å². The highest BCUT2D eigenvalue weighted by molar-refractivity contribution is 5.76. The molecule has 210 valence electrons. The minimum Gasteiger partial charge on any atom is -0.394 e. The van der Waals surface area contributed by atoms with Crippen LogP contribution in [0.3, 0.4) is 0 Å². The summed E-state index contributed by atoms with van der Waals surface area (Å²) in [6, 6.07) is -3.07. The van der Waals surface area contributed by atoms with Crippen LogP contribution in [0.15, 0.2) is 4.99 Å². The van der Waals surface area contributed by atoms with Crippen molar-refractivity contribution in [2.24, 2.45) is 33.7 Å². The number of hydrogen-bond acceptors (Lipinski definition) is 15. The summed E-state index contributed by atoms with van der Waals surface area (Å²) in [7, 11) is 0. The summed E-state index contributed by atoms with van der Waals surface area (Å²) in [6.07, 6.45) is -17.2. The Labute approximate surface area is 206 Å². The second-order valence-electron chi connectivity index (χ2n) is 9.26. The van der Waals surface area contributed by atoms with Gasteiger partial charge in [-0.2, -0.15) is 0 Å². The summed E-state index contributed by atoms with van der Waals surface area (Å²) in [4.78, 5) is 3.78. The van der Waals surface area contributed by atoms with Crippen molar-refractivity contribution >= 4 is 5.96 Å². The van der Waals surface area contributed by atoms with Gasteiger partial charge in [-0.15, -0.1) is 0 Å². The fourth-order valence-electron chi connectivity index (χ4n) is 4.68. The van der Waals surface area contributed by atoms with E-state index >= 15 is 0 Å². The zero-order valence-corrected chi connectivity index (χ0v) is 19.4. The molecule has 2 saturated heterocycles. The first kappa shape index (κ1) is 29.3. The number of nitrogens with zero attached hydrogens (tertiary/aromatic N) is 1. The molecule has 2 aliphatic heterocycles. The molecule has 0 aromatic rings. The highest BCUT2D eigenvalue weighted by Crippen LogP contribution is 2.32. The Morgan fingerprint density at radius 3 is 1.78 bits per heavy atom. The van der Waals surface area contributed by atoms with Crippen molar-refractivity contribution in [2.45, 2.75) is 98.2 Å². The number of rotatable bonds is 7. The molecule has 3 fully saturated rings. The molecule has 0 aromatic carbocycles. The van der Waals surface area contributed by atoms with Gasteiger partial charge in [-0.1, -0.05) is 0 Å². The third-order valence-corrected chi connectivity index (χ3v) is 6.69. The standard InChI is InChI=1S/C19H38N6O11/c20-2-6-10(28)12(30)13(31)18(33-6)36-16-5(22)1-4(21)15(14(16)32)35-17-11(29)8(25-19(23)24)9(27)7(3-26)34-17/h4-18,26-32H,1-3,20-22H2,(H4,23,24,25)/t4-,5+,6-,7-,8+,9-,10-,11-,12+,13-,14-,15+,16-,17-,18-/m1/s1. The summed E-state index contributed by atoms with van der Waals surface area (Å²) in [5, 5.41) is 72.0. The first-order chi connectivity index (χ1) is 16.9. The molecule has 1 saturated carbocycles. The van der Waals surface area contributed by atoms with Gasteiger partial charge < -0.3 is 83.4 Å². The second kappa shape index (κ2) is 12.0. The Morgan fingerprint density at radius 1 is 0.750 bits per heavy atom. The van der Waals surface area contributed by atoms with Crippen LogP contribution in [0.5, 0.6) is 0 Å². The van der Waals surface area contributed by atoms with Gasteiger partial charge >= 0.3 is 0 Å². The van der Waals surface area contributed by atoms with Gasteiger partial charge in [0.2, 0.25) is 0 Å². The predicted octanol–water partition coefficient (Wildman–Crippen LogP) is -7.98. The van der Waals surface area contributed by atoms with Crippen molar-refractivity contribution in [3.05, 3.63) is 0 Å². The molecule has 0 spiro atoms. The number of aliphatic hydroxyl groups excluding tert-OH is 7. The largest absolute Gasteiger partial charge is 0.394 e. The molecule has 0 unspecified atom stereocenters. The van der Waals surface area contributed by atoms with Gasteiger partial charge in [0.1, 0.15) is 67.1 Å². The van der Waals surface area contributed by atoms with Crippen molar-refractivity contribution in [1.29, 1.82) is 0 Å². The first-order valence-electron chi connectivity index (χ1n) is 11.5. The minimum absolute atomic E-state index is 0.0485. The number of guanidine groups is 1. The van der Waals surface area contributed by atoms with Gasteiger partial charge in [-0.05, 0) is 6.42 Å². The van der Waals surface area contributed by atoms with Crippen molar-refractivity contribution in [3.8, 4) is 0 Å². The topological polar surface area (TPSA) is 321 Å². The lowest BCUT2D eigenvalue weighted by atomic mass is 9.84. The lowest BCUT2D eigenvalue weighted by Gasteiger charge is -2.48. The van der Waals surface area contributed by atoms with E-state index in [1.54, 1.807) is 0 Å². The van der Waals surface area contributed by atoms with Gasteiger partial charge in [-0.3, -0.25) is 0 Å². The Morgan fingerprint density at radius 2 is 1.28 bits per heavy atom. The average molecular weight is 527 g/mol. The Bertz CT molecular complexity index is 749. The van der Waals surface area contributed by atoms with Gasteiger partial charge in [0.05, 0.1) is 6.61 Å². The Balaban J connectivity index is 1.76. The molecule has 2 heterocycles. The molecular formula is C19H38N6O11. The maximum absolute atomic E-state index is 11.0. The molecule has 17 N–H and O–H groups in total. The number of aliphatic hydroxyl groups is 7. The monoisotopic (exact) mass is 526 g/mol. The van der Waals surface area contributed by atoms with Crippen molar-refractivity contribution in [2.75, 3.05) is 13.2 Å². The third-order valence-electron chi connectivity index (χ3n) is 6.69. The second-order valence-corrected chi connectivity index (χ2v) is 9.26. The molecule has 17 heteroatoms. The van der Waals surface area contributed by atoms with Gasteiger partial charge in [-0.25, -0.2) is 4.99 Å². The summed E-state index contributed by atoms with van der Waals surface area (Å²) in [5.74, 6) is -0.432. The van der Waals surface area contributed by atoms with E-state index in [0.29, 0.717) is 0 Å². The smallest absolute Gasteiger partial charge is 0.187 e. The van der Waals surface area contributed by atoms with Crippen LogP contribution >= 0.6 is 0 Å².